The Morgan fingerprint density at radius 1 is 1.28 bits per heavy atom. The van der Waals surface area contributed by atoms with Gasteiger partial charge < -0.3 is 4.74 Å². The van der Waals surface area contributed by atoms with Crippen molar-refractivity contribution in [2.24, 2.45) is 5.41 Å². The van der Waals surface area contributed by atoms with E-state index in [1.54, 1.807) is 0 Å². The lowest BCUT2D eigenvalue weighted by atomic mass is 9.87. The Labute approximate surface area is 108 Å². The standard InChI is InChI=1S/C15H17NO2/c1-15(2,3)13-11-18-14(17)16(13)10-9-12-7-5-4-6-8-12/h4-8,13H,11H2,1-3H3/t13-/m1/s1. The molecule has 1 aliphatic heterocycles. The molecule has 0 unspecified atom stereocenters. The fraction of sp³-hybridized carbons (Fsp3) is 0.400. The first kappa shape index (κ1) is 12.5. The molecule has 1 aliphatic rings. The lowest BCUT2D eigenvalue weighted by Crippen LogP contribution is -2.39. The highest BCUT2D eigenvalue weighted by Crippen LogP contribution is 2.28. The van der Waals surface area contributed by atoms with Gasteiger partial charge in [0.15, 0.2) is 0 Å². The fourth-order valence-corrected chi connectivity index (χ4v) is 1.83. The molecule has 3 heteroatoms. The molecular formula is C15H17NO2. The molecule has 1 aromatic rings. The lowest BCUT2D eigenvalue weighted by Gasteiger charge is -2.28. The third kappa shape index (κ3) is 2.65. The minimum Gasteiger partial charge on any atom is -0.446 e. The highest BCUT2D eigenvalue weighted by molar-refractivity contribution is 5.72. The molecule has 1 fully saturated rings. The number of benzene rings is 1. The van der Waals surface area contributed by atoms with Crippen molar-refractivity contribution in [2.75, 3.05) is 6.61 Å². The van der Waals surface area contributed by atoms with E-state index in [9.17, 15) is 4.79 Å². The van der Waals surface area contributed by atoms with E-state index in [1.165, 1.54) is 4.90 Å². The van der Waals surface area contributed by atoms with Gasteiger partial charge >= 0.3 is 6.09 Å². The molecule has 3 nitrogen and oxygen atoms in total. The van der Waals surface area contributed by atoms with Gasteiger partial charge in [-0.1, -0.05) is 39.0 Å². The lowest BCUT2D eigenvalue weighted by molar-refractivity contribution is 0.167. The quantitative estimate of drug-likeness (QED) is 0.656. The number of cyclic esters (lactones) is 1. The first-order chi connectivity index (χ1) is 8.48. The molecule has 0 radical (unpaired) electrons. The van der Waals surface area contributed by atoms with Crippen LogP contribution in [-0.4, -0.2) is 23.6 Å². The van der Waals surface area contributed by atoms with Crippen LogP contribution in [0.3, 0.4) is 0 Å². The molecular weight excluding hydrogens is 226 g/mol. The van der Waals surface area contributed by atoms with Crippen molar-refractivity contribution in [3.05, 3.63) is 35.9 Å². The molecule has 0 bridgehead atoms. The van der Waals surface area contributed by atoms with Crippen LogP contribution in [0.4, 0.5) is 4.79 Å². The summed E-state index contributed by atoms with van der Waals surface area (Å²) in [5.41, 5.74) is 0.849. The Morgan fingerprint density at radius 3 is 2.56 bits per heavy atom. The number of carbonyl (C=O) groups is 1. The summed E-state index contributed by atoms with van der Waals surface area (Å²) in [4.78, 5) is 13.2. The average Bonchev–Trinajstić information content (AvgIpc) is 2.69. The summed E-state index contributed by atoms with van der Waals surface area (Å²) in [6.45, 7) is 6.65. The van der Waals surface area contributed by atoms with E-state index in [2.05, 4.69) is 32.7 Å². The zero-order valence-corrected chi connectivity index (χ0v) is 10.9. The van der Waals surface area contributed by atoms with E-state index in [1.807, 2.05) is 30.3 Å². The topological polar surface area (TPSA) is 29.5 Å². The van der Waals surface area contributed by atoms with Gasteiger partial charge in [0.25, 0.3) is 0 Å². The average molecular weight is 243 g/mol. The van der Waals surface area contributed by atoms with Crippen molar-refractivity contribution >= 4 is 6.09 Å². The van der Waals surface area contributed by atoms with E-state index in [4.69, 9.17) is 4.74 Å². The first-order valence-corrected chi connectivity index (χ1v) is 6.01. The van der Waals surface area contributed by atoms with Gasteiger partial charge in [0.1, 0.15) is 6.61 Å². The predicted octanol–water partition coefficient (Wildman–Crippen LogP) is 2.86. The molecule has 1 saturated heterocycles. The van der Waals surface area contributed by atoms with Gasteiger partial charge in [0.05, 0.1) is 6.04 Å². The smallest absolute Gasteiger partial charge is 0.422 e. The number of rotatable bonds is 0. The molecule has 0 N–H and O–H groups in total. The number of hydrogen-bond acceptors (Lipinski definition) is 2. The van der Waals surface area contributed by atoms with Crippen LogP contribution in [0, 0.1) is 17.4 Å². The third-order valence-corrected chi connectivity index (χ3v) is 2.97. The van der Waals surface area contributed by atoms with Crippen LogP contribution in [0.2, 0.25) is 0 Å². The van der Waals surface area contributed by atoms with E-state index in [-0.39, 0.29) is 17.6 Å². The van der Waals surface area contributed by atoms with Crippen molar-refractivity contribution in [2.45, 2.75) is 26.8 Å². The van der Waals surface area contributed by atoms with Gasteiger partial charge in [0.2, 0.25) is 0 Å². The van der Waals surface area contributed by atoms with Crippen LogP contribution in [0.25, 0.3) is 0 Å². The number of nitrogens with zero attached hydrogens (tertiary/aromatic N) is 1. The fourth-order valence-electron chi connectivity index (χ4n) is 1.83. The zero-order valence-electron chi connectivity index (χ0n) is 10.9. The third-order valence-electron chi connectivity index (χ3n) is 2.97. The van der Waals surface area contributed by atoms with Crippen molar-refractivity contribution in [1.82, 2.24) is 4.90 Å². The molecule has 0 saturated carbocycles. The summed E-state index contributed by atoms with van der Waals surface area (Å²) >= 11 is 0. The summed E-state index contributed by atoms with van der Waals surface area (Å²) in [5, 5.41) is 0. The van der Waals surface area contributed by atoms with Crippen molar-refractivity contribution in [1.29, 1.82) is 0 Å². The van der Waals surface area contributed by atoms with E-state index in [0.29, 0.717) is 6.61 Å². The summed E-state index contributed by atoms with van der Waals surface area (Å²) in [5.74, 6) is 2.99. The molecule has 0 aromatic heterocycles. The van der Waals surface area contributed by atoms with E-state index < -0.39 is 0 Å². The minimum absolute atomic E-state index is 0.00112. The minimum atomic E-state index is -0.349. The van der Waals surface area contributed by atoms with Crippen LogP contribution in [0.5, 0.6) is 0 Å². The number of amides is 1. The Bertz CT molecular complexity index is 491. The molecule has 1 atom stereocenters. The van der Waals surface area contributed by atoms with Crippen LogP contribution < -0.4 is 0 Å². The largest absolute Gasteiger partial charge is 0.446 e. The Kier molecular flexibility index (Phi) is 3.29. The molecule has 0 aliphatic carbocycles. The number of ether oxygens (including phenoxy) is 1. The van der Waals surface area contributed by atoms with Gasteiger partial charge in [-0.2, -0.15) is 0 Å². The van der Waals surface area contributed by atoms with E-state index >= 15 is 0 Å². The number of carbonyl (C=O) groups excluding carboxylic acids is 1. The van der Waals surface area contributed by atoms with Crippen molar-refractivity contribution in [3.63, 3.8) is 0 Å². The summed E-state index contributed by atoms with van der Waals surface area (Å²) in [6, 6.07) is 12.5. The monoisotopic (exact) mass is 243 g/mol. The first-order valence-electron chi connectivity index (χ1n) is 6.01. The highest BCUT2D eigenvalue weighted by Gasteiger charge is 2.40. The molecule has 94 valence electrons. The molecule has 1 amide bonds. The second-order valence-electron chi connectivity index (χ2n) is 5.43. The highest BCUT2D eigenvalue weighted by atomic mass is 16.6. The number of hydrogen-bond donors (Lipinski definition) is 0. The van der Waals surface area contributed by atoms with Gasteiger partial charge in [-0.3, -0.25) is 0 Å². The van der Waals surface area contributed by atoms with Crippen LogP contribution in [0.15, 0.2) is 30.3 Å². The van der Waals surface area contributed by atoms with E-state index in [0.717, 1.165) is 5.56 Å². The Hall–Kier alpha value is -1.95. The SMILES string of the molecule is CC(C)(C)[C@H]1COC(=O)N1C#Cc1ccccc1. The second kappa shape index (κ2) is 4.73. The van der Waals surface area contributed by atoms with Crippen molar-refractivity contribution in [3.8, 4) is 12.0 Å². The van der Waals surface area contributed by atoms with Gasteiger partial charge in [-0.15, -0.1) is 0 Å². The molecule has 2 rings (SSSR count). The maximum absolute atomic E-state index is 11.7. The Balaban J connectivity index is 2.22. The molecule has 0 spiro atoms. The molecule has 1 aromatic carbocycles. The van der Waals surface area contributed by atoms with Crippen LogP contribution >= 0.6 is 0 Å². The van der Waals surface area contributed by atoms with Crippen LogP contribution in [0.1, 0.15) is 26.3 Å². The van der Waals surface area contributed by atoms with Crippen LogP contribution in [-0.2, 0) is 4.74 Å². The summed E-state index contributed by atoms with van der Waals surface area (Å²) in [6.07, 6.45) is -0.349. The molecule has 18 heavy (non-hydrogen) atoms. The zero-order chi connectivity index (χ0) is 13.2. The molecule has 1 heterocycles. The van der Waals surface area contributed by atoms with Crippen molar-refractivity contribution < 1.29 is 9.53 Å². The van der Waals surface area contributed by atoms with Gasteiger partial charge in [0, 0.05) is 11.6 Å². The second-order valence-corrected chi connectivity index (χ2v) is 5.43. The maximum Gasteiger partial charge on any atom is 0.422 e. The Morgan fingerprint density at radius 2 is 1.94 bits per heavy atom. The summed E-state index contributed by atoms with van der Waals surface area (Å²) in [7, 11) is 0. The van der Waals surface area contributed by atoms with Gasteiger partial charge in [-0.05, 0) is 23.5 Å². The predicted molar refractivity (Wildman–Crippen MR) is 69.8 cm³/mol. The maximum atomic E-state index is 11.7. The van der Waals surface area contributed by atoms with Gasteiger partial charge in [-0.25, -0.2) is 9.69 Å². The normalized spacial score (nSPS) is 19.2. The summed E-state index contributed by atoms with van der Waals surface area (Å²) < 4.78 is 5.08.